The maximum absolute atomic E-state index is 12.9. The van der Waals surface area contributed by atoms with E-state index in [9.17, 15) is 8.42 Å². The molecular weight excluding hydrogens is 376 g/mol. The lowest BCUT2D eigenvalue weighted by atomic mass is 10.2. The maximum Gasteiger partial charge on any atom is 0.243 e. The molecule has 7 heteroatoms. The van der Waals surface area contributed by atoms with Gasteiger partial charge in [-0.05, 0) is 50.7 Å². The summed E-state index contributed by atoms with van der Waals surface area (Å²) in [6, 6.07) is 3.83. The zero-order valence-electron chi connectivity index (χ0n) is 12.4. The molecule has 1 unspecified atom stereocenters. The second-order valence-corrected chi connectivity index (χ2v) is 8.63. The summed E-state index contributed by atoms with van der Waals surface area (Å²) >= 11 is 9.29. The van der Waals surface area contributed by atoms with E-state index in [4.69, 9.17) is 11.6 Å². The Balaban J connectivity index is 2.39. The van der Waals surface area contributed by atoms with Crippen LogP contribution in [-0.2, 0) is 15.9 Å². The van der Waals surface area contributed by atoms with Crippen LogP contribution in [-0.4, -0.2) is 50.8 Å². The molecule has 0 N–H and O–H groups in total. The van der Waals surface area contributed by atoms with E-state index in [0.717, 1.165) is 22.0 Å². The Bertz CT molecular complexity index is 634. The fourth-order valence-corrected chi connectivity index (χ4v) is 5.12. The third-order valence-electron chi connectivity index (χ3n) is 3.98. The zero-order chi connectivity index (χ0) is 15.8. The number of hydrogen-bond donors (Lipinski definition) is 0. The summed E-state index contributed by atoms with van der Waals surface area (Å²) in [6.45, 7) is 2.92. The number of rotatable bonds is 4. The first-order chi connectivity index (χ1) is 9.77. The zero-order valence-corrected chi connectivity index (χ0v) is 15.6. The molecule has 2 rings (SSSR count). The Hall–Kier alpha value is -0.140. The van der Waals surface area contributed by atoms with Gasteiger partial charge in [0.1, 0.15) is 0 Å². The van der Waals surface area contributed by atoms with Crippen LogP contribution in [0.1, 0.15) is 17.5 Å². The largest absolute Gasteiger partial charge is 0.305 e. The molecule has 4 nitrogen and oxygen atoms in total. The topological polar surface area (TPSA) is 40.6 Å². The van der Waals surface area contributed by atoms with Crippen LogP contribution in [0.2, 0.25) is 0 Å². The lowest BCUT2D eigenvalue weighted by Crippen LogP contribution is -2.34. The Morgan fingerprint density at radius 3 is 2.62 bits per heavy atom. The smallest absolute Gasteiger partial charge is 0.243 e. The average molecular weight is 396 g/mol. The molecule has 21 heavy (non-hydrogen) atoms. The van der Waals surface area contributed by atoms with E-state index in [1.165, 1.54) is 0 Å². The highest BCUT2D eigenvalue weighted by Gasteiger charge is 2.34. The van der Waals surface area contributed by atoms with E-state index in [-0.39, 0.29) is 6.04 Å². The molecule has 1 heterocycles. The van der Waals surface area contributed by atoms with Gasteiger partial charge in [0.25, 0.3) is 0 Å². The Kier molecular flexibility index (Phi) is 5.36. The quantitative estimate of drug-likeness (QED) is 0.736. The molecule has 0 spiro atoms. The summed E-state index contributed by atoms with van der Waals surface area (Å²) < 4.78 is 28.1. The van der Waals surface area contributed by atoms with Crippen LogP contribution in [0.4, 0.5) is 0 Å². The summed E-state index contributed by atoms with van der Waals surface area (Å²) in [5.41, 5.74) is 1.54. The Morgan fingerprint density at radius 2 is 2.10 bits per heavy atom. The summed E-state index contributed by atoms with van der Waals surface area (Å²) in [7, 11) is 0.493. The van der Waals surface area contributed by atoms with Crippen LogP contribution in [0.5, 0.6) is 0 Å². The minimum Gasteiger partial charge on any atom is -0.305 e. The van der Waals surface area contributed by atoms with Gasteiger partial charge in [-0.3, -0.25) is 0 Å². The van der Waals surface area contributed by atoms with Crippen molar-refractivity contribution in [2.24, 2.45) is 0 Å². The van der Waals surface area contributed by atoms with Gasteiger partial charge in [0, 0.05) is 29.5 Å². The van der Waals surface area contributed by atoms with Crippen LogP contribution in [0.3, 0.4) is 0 Å². The lowest BCUT2D eigenvalue weighted by Gasteiger charge is -2.21. The monoisotopic (exact) mass is 394 g/mol. The minimum absolute atomic E-state index is 0.278. The molecule has 1 aromatic carbocycles. The van der Waals surface area contributed by atoms with Gasteiger partial charge in [0.05, 0.1) is 4.90 Å². The van der Waals surface area contributed by atoms with Crippen molar-refractivity contribution in [3.63, 3.8) is 0 Å². The van der Waals surface area contributed by atoms with E-state index in [1.54, 1.807) is 10.4 Å². The normalized spacial score (nSPS) is 20.4. The molecule has 118 valence electrons. The van der Waals surface area contributed by atoms with Crippen molar-refractivity contribution in [3.8, 4) is 0 Å². The molecule has 0 radical (unpaired) electrons. The fourth-order valence-electron chi connectivity index (χ4n) is 2.54. The molecular formula is C14H20BrClN2O2S. The molecule has 1 atom stereocenters. The van der Waals surface area contributed by atoms with Crippen molar-refractivity contribution in [1.82, 2.24) is 9.21 Å². The van der Waals surface area contributed by atoms with Crippen LogP contribution < -0.4 is 0 Å². The predicted octanol–water partition coefficient (Wildman–Crippen LogP) is 2.82. The van der Waals surface area contributed by atoms with Crippen molar-refractivity contribution < 1.29 is 8.42 Å². The van der Waals surface area contributed by atoms with E-state index in [1.807, 2.05) is 27.1 Å². The molecule has 1 aromatic rings. The number of likely N-dealkylation sites (N-methyl/N-ethyl adjacent to an activating group) is 1. The summed E-state index contributed by atoms with van der Waals surface area (Å²) in [6.07, 6.45) is 0.863. The predicted molar refractivity (Wildman–Crippen MR) is 89.3 cm³/mol. The first-order valence-electron chi connectivity index (χ1n) is 6.79. The lowest BCUT2D eigenvalue weighted by molar-refractivity contribution is 0.302. The molecule has 0 aromatic heterocycles. The number of benzene rings is 1. The van der Waals surface area contributed by atoms with Crippen LogP contribution in [0.25, 0.3) is 0 Å². The highest BCUT2D eigenvalue weighted by atomic mass is 79.9. The van der Waals surface area contributed by atoms with E-state index in [2.05, 4.69) is 20.8 Å². The summed E-state index contributed by atoms with van der Waals surface area (Å²) in [4.78, 5) is 2.43. The molecule has 0 amide bonds. The van der Waals surface area contributed by atoms with E-state index < -0.39 is 10.0 Å². The van der Waals surface area contributed by atoms with Crippen molar-refractivity contribution in [2.45, 2.75) is 30.2 Å². The second kappa shape index (κ2) is 6.54. The van der Waals surface area contributed by atoms with Gasteiger partial charge in [-0.15, -0.1) is 11.6 Å². The first kappa shape index (κ1) is 17.2. The van der Waals surface area contributed by atoms with E-state index in [0.29, 0.717) is 23.9 Å². The van der Waals surface area contributed by atoms with Gasteiger partial charge in [0.2, 0.25) is 10.0 Å². The van der Waals surface area contributed by atoms with Gasteiger partial charge in [-0.2, -0.15) is 4.31 Å². The third-order valence-corrected chi connectivity index (χ3v) is 7.11. The number of hydrogen-bond acceptors (Lipinski definition) is 3. The maximum atomic E-state index is 12.9. The Labute approximate surface area is 140 Å². The molecule has 1 saturated heterocycles. The highest BCUT2D eigenvalue weighted by molar-refractivity contribution is 9.10. The first-order valence-corrected chi connectivity index (χ1v) is 9.55. The van der Waals surface area contributed by atoms with Crippen molar-refractivity contribution in [1.29, 1.82) is 0 Å². The van der Waals surface area contributed by atoms with Crippen LogP contribution in [0, 0.1) is 6.92 Å². The third kappa shape index (κ3) is 3.45. The second-order valence-electron chi connectivity index (χ2n) is 5.60. The fraction of sp³-hybridized carbons (Fsp3) is 0.571. The SMILES string of the molecule is Cc1c(Br)cc(CCl)cc1S(=O)(=O)N1CCC(N(C)C)C1. The number of sulfonamides is 1. The van der Waals surface area contributed by atoms with Gasteiger partial charge >= 0.3 is 0 Å². The Morgan fingerprint density at radius 1 is 1.43 bits per heavy atom. The number of halogens is 2. The summed E-state index contributed by atoms with van der Waals surface area (Å²) in [5, 5.41) is 0. The van der Waals surface area contributed by atoms with Gasteiger partial charge in [-0.25, -0.2) is 8.42 Å². The molecule has 0 aliphatic carbocycles. The van der Waals surface area contributed by atoms with Gasteiger partial charge in [-0.1, -0.05) is 15.9 Å². The molecule has 1 aliphatic rings. The average Bonchev–Trinajstić information content (AvgIpc) is 2.92. The highest BCUT2D eigenvalue weighted by Crippen LogP contribution is 2.30. The minimum atomic E-state index is -3.47. The molecule has 1 fully saturated rings. The standard InChI is InChI=1S/C14H20BrClN2O2S/c1-10-13(15)6-11(8-16)7-14(10)21(19,20)18-5-4-12(9-18)17(2)3/h6-7,12H,4-5,8-9H2,1-3H3. The van der Waals surface area contributed by atoms with E-state index >= 15 is 0 Å². The van der Waals surface area contributed by atoms with Crippen molar-refractivity contribution in [2.75, 3.05) is 27.2 Å². The van der Waals surface area contributed by atoms with Crippen molar-refractivity contribution in [3.05, 3.63) is 27.7 Å². The van der Waals surface area contributed by atoms with Crippen molar-refractivity contribution >= 4 is 37.6 Å². The van der Waals surface area contributed by atoms with Gasteiger partial charge < -0.3 is 4.90 Å². The van der Waals surface area contributed by atoms with Gasteiger partial charge in [0.15, 0.2) is 0 Å². The number of alkyl halides is 1. The van der Waals surface area contributed by atoms with Crippen LogP contribution in [0.15, 0.2) is 21.5 Å². The molecule has 0 saturated carbocycles. The van der Waals surface area contributed by atoms with Crippen LogP contribution >= 0.6 is 27.5 Å². The summed E-state index contributed by atoms with van der Waals surface area (Å²) in [5.74, 6) is 0.293. The molecule has 0 bridgehead atoms. The molecule has 1 aliphatic heterocycles. The number of nitrogens with zero attached hydrogens (tertiary/aromatic N) is 2.